The fourth-order valence-corrected chi connectivity index (χ4v) is 5.02. The fourth-order valence-electron chi connectivity index (χ4n) is 5.02. The molecule has 0 radical (unpaired) electrons. The molecular formula is C29H36N4O6. The zero-order valence-corrected chi connectivity index (χ0v) is 23.0. The summed E-state index contributed by atoms with van der Waals surface area (Å²) in [6.07, 6.45) is 3.73. The number of nitrogens with zero attached hydrogens (tertiary/aromatic N) is 3. The van der Waals surface area contributed by atoms with Crippen molar-refractivity contribution in [2.24, 2.45) is 0 Å². The van der Waals surface area contributed by atoms with Crippen LogP contribution >= 0.6 is 0 Å². The summed E-state index contributed by atoms with van der Waals surface area (Å²) < 4.78 is 13.3. The summed E-state index contributed by atoms with van der Waals surface area (Å²) in [4.78, 5) is 54.8. The lowest BCUT2D eigenvalue weighted by atomic mass is 10.0. The first kappa shape index (κ1) is 27.9. The Balaban J connectivity index is 1.78. The zero-order chi connectivity index (χ0) is 28.1. The Morgan fingerprint density at radius 3 is 2.33 bits per heavy atom. The van der Waals surface area contributed by atoms with Crippen molar-refractivity contribution in [3.63, 3.8) is 0 Å². The lowest BCUT2D eigenvalue weighted by Gasteiger charge is -2.33. The SMILES string of the molecule is CCCNC(=O)c1ccc(Cn2c(=O)c3cc(OC)c(OC)cc3n(CC(=O)N3CCCC[C@@H]3C)c2=O)cc1. The number of amides is 2. The number of nitrogens with one attached hydrogen (secondary N) is 1. The molecule has 1 aliphatic heterocycles. The molecule has 1 aliphatic rings. The van der Waals surface area contributed by atoms with Crippen LogP contribution in [-0.4, -0.2) is 59.2 Å². The van der Waals surface area contributed by atoms with Crippen molar-refractivity contribution in [1.29, 1.82) is 0 Å². The van der Waals surface area contributed by atoms with E-state index >= 15 is 0 Å². The van der Waals surface area contributed by atoms with Gasteiger partial charge in [0.25, 0.3) is 11.5 Å². The molecule has 1 atom stereocenters. The van der Waals surface area contributed by atoms with Crippen molar-refractivity contribution < 1.29 is 19.1 Å². The molecule has 3 aromatic rings. The standard InChI is InChI=1S/C29H36N4O6/c1-5-13-30-27(35)21-11-9-20(10-12-21)17-33-28(36)22-15-24(38-3)25(39-4)16-23(22)32(29(33)37)18-26(34)31-14-7-6-8-19(31)2/h9-12,15-16,19H,5-8,13-14,17-18H2,1-4H3,(H,30,35)/t19-/m0/s1. The van der Waals surface area contributed by atoms with Crippen molar-refractivity contribution in [2.75, 3.05) is 27.3 Å². The molecule has 1 saturated heterocycles. The van der Waals surface area contributed by atoms with Crippen LogP contribution in [-0.2, 0) is 17.9 Å². The van der Waals surface area contributed by atoms with E-state index < -0.39 is 11.2 Å². The molecular weight excluding hydrogens is 500 g/mol. The molecule has 4 rings (SSSR count). The number of methoxy groups -OCH3 is 2. The molecule has 1 fully saturated rings. The predicted molar refractivity (Wildman–Crippen MR) is 149 cm³/mol. The molecule has 1 N–H and O–H groups in total. The largest absolute Gasteiger partial charge is 0.493 e. The monoisotopic (exact) mass is 536 g/mol. The molecule has 1 aromatic heterocycles. The van der Waals surface area contributed by atoms with Gasteiger partial charge in [-0.25, -0.2) is 4.79 Å². The van der Waals surface area contributed by atoms with Gasteiger partial charge in [-0.15, -0.1) is 0 Å². The van der Waals surface area contributed by atoms with E-state index in [0.29, 0.717) is 41.2 Å². The summed E-state index contributed by atoms with van der Waals surface area (Å²) in [5, 5.41) is 3.06. The van der Waals surface area contributed by atoms with Crippen molar-refractivity contribution in [3.8, 4) is 11.5 Å². The van der Waals surface area contributed by atoms with E-state index in [1.54, 1.807) is 35.2 Å². The van der Waals surface area contributed by atoms with E-state index in [1.165, 1.54) is 24.9 Å². The third-order valence-electron chi connectivity index (χ3n) is 7.24. The van der Waals surface area contributed by atoms with Gasteiger partial charge in [-0.3, -0.25) is 23.5 Å². The van der Waals surface area contributed by atoms with E-state index in [4.69, 9.17) is 9.47 Å². The van der Waals surface area contributed by atoms with Gasteiger partial charge in [0.1, 0.15) is 6.54 Å². The van der Waals surface area contributed by atoms with E-state index in [1.807, 2.05) is 13.8 Å². The van der Waals surface area contributed by atoms with Crippen LogP contribution in [0.1, 0.15) is 55.5 Å². The Kier molecular flexibility index (Phi) is 8.73. The Morgan fingerprint density at radius 2 is 1.69 bits per heavy atom. The van der Waals surface area contributed by atoms with Gasteiger partial charge in [-0.1, -0.05) is 19.1 Å². The normalized spacial score (nSPS) is 15.3. The van der Waals surface area contributed by atoms with Crippen LogP contribution in [0.3, 0.4) is 0 Å². The van der Waals surface area contributed by atoms with Crippen LogP contribution in [0.25, 0.3) is 10.9 Å². The summed E-state index contributed by atoms with van der Waals surface area (Å²) in [6, 6.07) is 9.96. The highest BCUT2D eigenvalue weighted by Crippen LogP contribution is 2.30. The number of benzene rings is 2. The third kappa shape index (κ3) is 5.84. The van der Waals surface area contributed by atoms with E-state index in [-0.39, 0.29) is 36.3 Å². The maximum Gasteiger partial charge on any atom is 0.332 e. The number of fused-ring (bicyclic) bond motifs is 1. The number of ether oxygens (including phenoxy) is 2. The van der Waals surface area contributed by atoms with Crippen LogP contribution in [0.5, 0.6) is 11.5 Å². The first-order valence-corrected chi connectivity index (χ1v) is 13.3. The lowest BCUT2D eigenvalue weighted by molar-refractivity contribution is -0.135. The highest BCUT2D eigenvalue weighted by atomic mass is 16.5. The number of hydrogen-bond acceptors (Lipinski definition) is 6. The Bertz CT molecular complexity index is 1470. The molecule has 2 aromatic carbocycles. The second kappa shape index (κ2) is 12.2. The minimum absolute atomic E-state index is 0.0207. The maximum atomic E-state index is 13.8. The second-order valence-corrected chi connectivity index (χ2v) is 9.87. The summed E-state index contributed by atoms with van der Waals surface area (Å²) in [5.41, 5.74) is 0.371. The number of carbonyl (C=O) groups excluding carboxylic acids is 2. The molecule has 0 unspecified atom stereocenters. The van der Waals surface area contributed by atoms with Crippen molar-refractivity contribution in [3.05, 3.63) is 68.4 Å². The van der Waals surface area contributed by atoms with Crippen LogP contribution in [0.15, 0.2) is 46.0 Å². The van der Waals surface area contributed by atoms with Gasteiger partial charge in [0.15, 0.2) is 11.5 Å². The van der Waals surface area contributed by atoms with Gasteiger partial charge in [0.05, 0.1) is 31.7 Å². The summed E-state index contributed by atoms with van der Waals surface area (Å²) in [6.45, 7) is 4.99. The number of rotatable bonds is 9. The molecule has 10 nitrogen and oxygen atoms in total. The summed E-state index contributed by atoms with van der Waals surface area (Å²) in [5.74, 6) is 0.344. The van der Waals surface area contributed by atoms with Gasteiger partial charge >= 0.3 is 5.69 Å². The number of piperidine rings is 1. The first-order chi connectivity index (χ1) is 18.8. The minimum Gasteiger partial charge on any atom is -0.493 e. The maximum absolute atomic E-state index is 13.8. The molecule has 208 valence electrons. The van der Waals surface area contributed by atoms with E-state index in [9.17, 15) is 19.2 Å². The van der Waals surface area contributed by atoms with Crippen molar-refractivity contribution in [2.45, 2.75) is 58.7 Å². The molecule has 10 heteroatoms. The molecule has 39 heavy (non-hydrogen) atoms. The minimum atomic E-state index is -0.595. The number of aromatic nitrogens is 2. The number of carbonyl (C=O) groups is 2. The number of hydrogen-bond donors (Lipinski definition) is 1. The molecule has 0 bridgehead atoms. The van der Waals surface area contributed by atoms with Gasteiger partial charge in [0, 0.05) is 30.8 Å². The lowest BCUT2D eigenvalue weighted by Crippen LogP contribution is -2.47. The average molecular weight is 537 g/mol. The molecule has 0 aliphatic carbocycles. The van der Waals surface area contributed by atoms with Crippen LogP contribution in [0.2, 0.25) is 0 Å². The van der Waals surface area contributed by atoms with Crippen molar-refractivity contribution in [1.82, 2.24) is 19.4 Å². The molecule has 0 saturated carbocycles. The topological polar surface area (TPSA) is 112 Å². The van der Waals surface area contributed by atoms with Gasteiger partial charge in [-0.2, -0.15) is 0 Å². The highest BCUT2D eigenvalue weighted by molar-refractivity contribution is 5.94. The summed E-state index contributed by atoms with van der Waals surface area (Å²) >= 11 is 0. The third-order valence-corrected chi connectivity index (χ3v) is 7.24. The summed E-state index contributed by atoms with van der Waals surface area (Å²) in [7, 11) is 2.94. The van der Waals surface area contributed by atoms with Crippen LogP contribution in [0.4, 0.5) is 0 Å². The Hall–Kier alpha value is -4.08. The van der Waals surface area contributed by atoms with Gasteiger partial charge < -0.3 is 19.7 Å². The molecule has 2 heterocycles. The molecule has 0 spiro atoms. The quantitative estimate of drug-likeness (QED) is 0.450. The predicted octanol–water partition coefficient (Wildman–Crippen LogP) is 2.77. The molecule has 2 amide bonds. The van der Waals surface area contributed by atoms with Gasteiger partial charge in [0.2, 0.25) is 5.91 Å². The Labute approximate surface area is 227 Å². The fraction of sp³-hybridized carbons (Fsp3) is 0.448. The first-order valence-electron chi connectivity index (χ1n) is 13.3. The highest BCUT2D eigenvalue weighted by Gasteiger charge is 2.25. The second-order valence-electron chi connectivity index (χ2n) is 9.87. The van der Waals surface area contributed by atoms with E-state index in [2.05, 4.69) is 5.32 Å². The number of likely N-dealkylation sites (tertiary alicyclic amines) is 1. The van der Waals surface area contributed by atoms with Crippen LogP contribution < -0.4 is 26.0 Å². The Morgan fingerprint density at radius 1 is 1.00 bits per heavy atom. The van der Waals surface area contributed by atoms with E-state index in [0.717, 1.165) is 30.3 Å². The van der Waals surface area contributed by atoms with Crippen LogP contribution in [0, 0.1) is 0 Å². The zero-order valence-electron chi connectivity index (χ0n) is 23.0. The van der Waals surface area contributed by atoms with Gasteiger partial charge in [-0.05, 0) is 56.4 Å². The van der Waals surface area contributed by atoms with Crippen molar-refractivity contribution >= 4 is 22.7 Å². The average Bonchev–Trinajstić information content (AvgIpc) is 2.95. The smallest absolute Gasteiger partial charge is 0.332 e.